The fourth-order valence-corrected chi connectivity index (χ4v) is 2.39. The van der Waals surface area contributed by atoms with Crippen LogP contribution in [0.3, 0.4) is 0 Å². The first-order valence-corrected chi connectivity index (χ1v) is 7.01. The van der Waals surface area contributed by atoms with E-state index in [1.807, 2.05) is 7.05 Å². The van der Waals surface area contributed by atoms with Gasteiger partial charge in [0.15, 0.2) is 0 Å². The molecule has 1 aromatic rings. The number of halogens is 1. The number of likely N-dealkylation sites (N-methyl/N-ethyl adjacent to an activating group) is 1. The van der Waals surface area contributed by atoms with Crippen LogP contribution in [0, 0.1) is 5.82 Å². The zero-order valence-corrected chi connectivity index (χ0v) is 11.8. The summed E-state index contributed by atoms with van der Waals surface area (Å²) in [5.41, 5.74) is 1.93. The van der Waals surface area contributed by atoms with Gasteiger partial charge in [-0.3, -0.25) is 0 Å². The summed E-state index contributed by atoms with van der Waals surface area (Å²) in [4.78, 5) is 2.12. The lowest BCUT2D eigenvalue weighted by Gasteiger charge is -2.26. The van der Waals surface area contributed by atoms with Gasteiger partial charge in [-0.15, -0.1) is 0 Å². The molecule has 0 aromatic heterocycles. The molecule has 19 heavy (non-hydrogen) atoms. The van der Waals surface area contributed by atoms with E-state index in [9.17, 15) is 4.39 Å². The molecule has 1 saturated heterocycles. The van der Waals surface area contributed by atoms with Crippen molar-refractivity contribution in [3.05, 3.63) is 29.6 Å². The molecule has 4 heteroatoms. The normalized spacial score (nSPS) is 18.8. The molecule has 2 rings (SSSR count). The van der Waals surface area contributed by atoms with Crippen LogP contribution in [-0.4, -0.2) is 32.8 Å². The fourth-order valence-electron chi connectivity index (χ4n) is 2.39. The van der Waals surface area contributed by atoms with Crippen molar-refractivity contribution in [2.75, 3.05) is 31.7 Å². The molecule has 1 aliphatic heterocycles. The largest absolute Gasteiger partial charge is 0.379 e. The van der Waals surface area contributed by atoms with E-state index in [0.717, 1.165) is 43.9 Å². The molecular weight excluding hydrogens is 243 g/mol. The van der Waals surface area contributed by atoms with Gasteiger partial charge in [0.25, 0.3) is 0 Å². The van der Waals surface area contributed by atoms with Crippen LogP contribution in [-0.2, 0) is 11.3 Å². The number of nitrogens with one attached hydrogen (secondary N) is 1. The molecule has 1 unspecified atom stereocenters. The highest BCUT2D eigenvalue weighted by atomic mass is 19.1. The van der Waals surface area contributed by atoms with Crippen LogP contribution in [0.4, 0.5) is 10.1 Å². The standard InChI is InChI=1S/C15H23FN2O/c1-3-5-17-10-12-7-13(16)9-15(8-12)18(2)14-4-6-19-11-14/h7-9,14,17H,3-6,10-11H2,1-2H3. The Hall–Kier alpha value is -1.13. The highest BCUT2D eigenvalue weighted by Crippen LogP contribution is 2.22. The number of nitrogens with zero attached hydrogens (tertiary/aromatic N) is 1. The van der Waals surface area contributed by atoms with E-state index in [0.29, 0.717) is 12.6 Å². The predicted molar refractivity (Wildman–Crippen MR) is 76.0 cm³/mol. The van der Waals surface area contributed by atoms with Gasteiger partial charge in [0.05, 0.1) is 12.6 Å². The molecule has 1 atom stereocenters. The molecule has 0 amide bonds. The van der Waals surface area contributed by atoms with E-state index in [-0.39, 0.29) is 5.82 Å². The number of ether oxygens (including phenoxy) is 1. The lowest BCUT2D eigenvalue weighted by molar-refractivity contribution is 0.193. The number of anilines is 1. The second kappa shape index (κ2) is 6.87. The fraction of sp³-hybridized carbons (Fsp3) is 0.600. The minimum atomic E-state index is -0.170. The molecule has 1 aromatic carbocycles. The number of hydrogen-bond donors (Lipinski definition) is 1. The monoisotopic (exact) mass is 266 g/mol. The summed E-state index contributed by atoms with van der Waals surface area (Å²) < 4.78 is 19.1. The minimum absolute atomic E-state index is 0.170. The topological polar surface area (TPSA) is 24.5 Å². The Morgan fingerprint density at radius 3 is 2.95 bits per heavy atom. The molecule has 1 N–H and O–H groups in total. The van der Waals surface area contributed by atoms with Gasteiger partial charge in [-0.05, 0) is 43.1 Å². The van der Waals surface area contributed by atoms with Gasteiger partial charge >= 0.3 is 0 Å². The van der Waals surface area contributed by atoms with Crippen molar-refractivity contribution in [3.8, 4) is 0 Å². The molecule has 106 valence electrons. The Kier molecular flexibility index (Phi) is 5.16. The first-order chi connectivity index (χ1) is 9.20. The lowest BCUT2D eigenvalue weighted by Crippen LogP contribution is -2.32. The number of benzene rings is 1. The van der Waals surface area contributed by atoms with Crippen LogP contribution in [0.2, 0.25) is 0 Å². The van der Waals surface area contributed by atoms with Crippen molar-refractivity contribution in [1.82, 2.24) is 5.32 Å². The van der Waals surface area contributed by atoms with E-state index in [4.69, 9.17) is 4.74 Å². The third-order valence-electron chi connectivity index (χ3n) is 3.56. The Bertz CT molecular complexity index is 405. The summed E-state index contributed by atoms with van der Waals surface area (Å²) >= 11 is 0. The lowest BCUT2D eigenvalue weighted by atomic mass is 10.1. The van der Waals surface area contributed by atoms with Crippen LogP contribution in [0.25, 0.3) is 0 Å². The molecule has 0 bridgehead atoms. The first-order valence-electron chi connectivity index (χ1n) is 7.01. The molecule has 0 spiro atoms. The van der Waals surface area contributed by atoms with Crippen molar-refractivity contribution < 1.29 is 9.13 Å². The van der Waals surface area contributed by atoms with E-state index in [2.05, 4.69) is 23.2 Å². The van der Waals surface area contributed by atoms with Crippen molar-refractivity contribution in [2.45, 2.75) is 32.4 Å². The quantitative estimate of drug-likeness (QED) is 0.801. The highest BCUT2D eigenvalue weighted by molar-refractivity contribution is 5.49. The van der Waals surface area contributed by atoms with E-state index >= 15 is 0 Å². The Labute approximate surface area is 114 Å². The molecule has 3 nitrogen and oxygen atoms in total. The zero-order chi connectivity index (χ0) is 13.7. The third-order valence-corrected chi connectivity index (χ3v) is 3.56. The third kappa shape index (κ3) is 3.91. The summed E-state index contributed by atoms with van der Waals surface area (Å²) in [6.07, 6.45) is 2.10. The van der Waals surface area contributed by atoms with E-state index in [1.165, 1.54) is 0 Å². The second-order valence-corrected chi connectivity index (χ2v) is 5.12. The Morgan fingerprint density at radius 2 is 2.26 bits per heavy atom. The van der Waals surface area contributed by atoms with Crippen LogP contribution in [0.15, 0.2) is 18.2 Å². The SMILES string of the molecule is CCCNCc1cc(F)cc(N(C)C2CCOC2)c1. The van der Waals surface area contributed by atoms with Gasteiger partial charge in [0.1, 0.15) is 5.82 Å². The van der Waals surface area contributed by atoms with Gasteiger partial charge < -0.3 is 15.0 Å². The van der Waals surface area contributed by atoms with Crippen LogP contribution >= 0.6 is 0 Å². The van der Waals surface area contributed by atoms with Gasteiger partial charge in [-0.25, -0.2) is 4.39 Å². The van der Waals surface area contributed by atoms with Crippen molar-refractivity contribution in [2.24, 2.45) is 0 Å². The molecule has 1 fully saturated rings. The van der Waals surface area contributed by atoms with Gasteiger partial charge in [0, 0.05) is 25.9 Å². The minimum Gasteiger partial charge on any atom is -0.379 e. The van der Waals surface area contributed by atoms with Crippen LogP contribution in [0.5, 0.6) is 0 Å². The molecule has 0 radical (unpaired) electrons. The molecule has 0 saturated carbocycles. The Morgan fingerprint density at radius 1 is 1.42 bits per heavy atom. The predicted octanol–water partition coefficient (Wildman–Crippen LogP) is 2.55. The van der Waals surface area contributed by atoms with Crippen molar-refractivity contribution in [3.63, 3.8) is 0 Å². The summed E-state index contributed by atoms with van der Waals surface area (Å²) in [5.74, 6) is -0.170. The number of hydrogen-bond acceptors (Lipinski definition) is 3. The summed E-state index contributed by atoms with van der Waals surface area (Å²) in [6, 6.07) is 5.62. The summed E-state index contributed by atoms with van der Waals surface area (Å²) in [6.45, 7) is 5.33. The summed E-state index contributed by atoms with van der Waals surface area (Å²) in [5, 5.41) is 3.30. The van der Waals surface area contributed by atoms with E-state index in [1.54, 1.807) is 12.1 Å². The Balaban J connectivity index is 2.06. The van der Waals surface area contributed by atoms with Crippen LogP contribution in [0.1, 0.15) is 25.3 Å². The second-order valence-electron chi connectivity index (χ2n) is 5.12. The maximum Gasteiger partial charge on any atom is 0.125 e. The average molecular weight is 266 g/mol. The van der Waals surface area contributed by atoms with Gasteiger partial charge in [0.2, 0.25) is 0 Å². The smallest absolute Gasteiger partial charge is 0.125 e. The first kappa shape index (κ1) is 14.3. The van der Waals surface area contributed by atoms with Gasteiger partial charge in [-0.1, -0.05) is 6.92 Å². The average Bonchev–Trinajstić information content (AvgIpc) is 2.91. The molecular formula is C15H23FN2O. The maximum atomic E-state index is 13.7. The van der Waals surface area contributed by atoms with Crippen molar-refractivity contribution in [1.29, 1.82) is 0 Å². The number of rotatable bonds is 6. The van der Waals surface area contributed by atoms with Gasteiger partial charge in [-0.2, -0.15) is 0 Å². The molecule has 1 aliphatic rings. The summed E-state index contributed by atoms with van der Waals surface area (Å²) in [7, 11) is 2.01. The molecule has 0 aliphatic carbocycles. The molecule has 1 heterocycles. The van der Waals surface area contributed by atoms with Crippen molar-refractivity contribution >= 4 is 5.69 Å². The zero-order valence-electron chi connectivity index (χ0n) is 11.8. The maximum absolute atomic E-state index is 13.7. The highest BCUT2D eigenvalue weighted by Gasteiger charge is 2.21. The van der Waals surface area contributed by atoms with E-state index < -0.39 is 0 Å². The van der Waals surface area contributed by atoms with Crippen LogP contribution < -0.4 is 10.2 Å².